The Bertz CT molecular complexity index is 1360. The van der Waals surface area contributed by atoms with Crippen molar-refractivity contribution in [3.8, 4) is 5.75 Å². The number of hydrogen-bond donors (Lipinski definition) is 0. The van der Waals surface area contributed by atoms with Crippen molar-refractivity contribution >= 4 is 23.6 Å². The predicted octanol–water partition coefficient (Wildman–Crippen LogP) is 4.53. The van der Waals surface area contributed by atoms with Crippen LogP contribution in [-0.2, 0) is 0 Å². The Kier molecular flexibility index (Phi) is 9.64. The van der Waals surface area contributed by atoms with Crippen LogP contribution in [-0.4, -0.2) is 84.4 Å². The van der Waals surface area contributed by atoms with Gasteiger partial charge >= 0.3 is 0 Å². The third-order valence-corrected chi connectivity index (χ3v) is 7.00. The number of aryl methyl sites for hydroxylation is 1. The third-order valence-electron chi connectivity index (χ3n) is 7.00. The molecule has 3 aromatic rings. The fraction of sp³-hybridized carbons (Fsp3) is 0.290. The highest BCUT2D eigenvalue weighted by atomic mass is 16.6. The van der Waals surface area contributed by atoms with Gasteiger partial charge in [-0.05, 0) is 31.2 Å². The molecule has 0 aliphatic carbocycles. The lowest BCUT2D eigenvalue weighted by atomic mass is 10.1. The summed E-state index contributed by atoms with van der Waals surface area (Å²) in [6, 6.07) is 21.2. The van der Waals surface area contributed by atoms with Crippen molar-refractivity contribution in [1.82, 2.24) is 14.7 Å². The summed E-state index contributed by atoms with van der Waals surface area (Å²) in [5.74, 6) is 0.526. The van der Waals surface area contributed by atoms with Gasteiger partial charge in [0.1, 0.15) is 5.75 Å². The molecule has 1 fully saturated rings. The molecule has 0 atom stereocenters. The number of para-hydroxylation sites is 1. The SMILES string of the molecule is COc1ccccc1C=CCN(CCN1CCN(C(=O)c2cccc([N+](=O)[O-])c2)CC1)C(=O)c1ccc(C)cc1. The first-order valence-corrected chi connectivity index (χ1v) is 13.3. The Hall–Kier alpha value is -4.50. The van der Waals surface area contributed by atoms with Crippen LogP contribution in [0.4, 0.5) is 5.69 Å². The summed E-state index contributed by atoms with van der Waals surface area (Å²) in [7, 11) is 1.64. The summed E-state index contributed by atoms with van der Waals surface area (Å²) in [4.78, 5) is 42.7. The molecule has 9 heteroatoms. The van der Waals surface area contributed by atoms with Crippen LogP contribution in [0.1, 0.15) is 31.8 Å². The molecule has 1 heterocycles. The summed E-state index contributed by atoms with van der Waals surface area (Å²) in [6.07, 6.45) is 3.94. The number of ether oxygens (including phenoxy) is 1. The van der Waals surface area contributed by atoms with Crippen LogP contribution in [0.2, 0.25) is 0 Å². The van der Waals surface area contributed by atoms with Gasteiger partial charge in [0.25, 0.3) is 17.5 Å². The number of carbonyl (C=O) groups excluding carboxylic acids is 2. The molecule has 4 rings (SSSR count). The van der Waals surface area contributed by atoms with E-state index in [1.54, 1.807) is 18.1 Å². The molecule has 9 nitrogen and oxygen atoms in total. The second-order valence-electron chi connectivity index (χ2n) is 9.70. The van der Waals surface area contributed by atoms with Gasteiger partial charge in [-0.3, -0.25) is 24.6 Å². The van der Waals surface area contributed by atoms with Gasteiger partial charge in [-0.2, -0.15) is 0 Å². The fourth-order valence-corrected chi connectivity index (χ4v) is 4.64. The van der Waals surface area contributed by atoms with Gasteiger partial charge in [0.15, 0.2) is 0 Å². The van der Waals surface area contributed by atoms with Gasteiger partial charge in [-0.1, -0.05) is 54.1 Å². The molecule has 2 amide bonds. The predicted molar refractivity (Wildman–Crippen MR) is 155 cm³/mol. The third kappa shape index (κ3) is 7.33. The topological polar surface area (TPSA) is 96.2 Å². The number of nitro benzene ring substituents is 1. The molecule has 0 bridgehead atoms. The van der Waals surface area contributed by atoms with E-state index >= 15 is 0 Å². The molecule has 1 saturated heterocycles. The van der Waals surface area contributed by atoms with Gasteiger partial charge in [-0.15, -0.1) is 0 Å². The van der Waals surface area contributed by atoms with E-state index in [0.717, 1.165) is 16.9 Å². The maximum atomic E-state index is 13.4. The largest absolute Gasteiger partial charge is 0.496 e. The van der Waals surface area contributed by atoms with Crippen LogP contribution in [0, 0.1) is 17.0 Å². The van der Waals surface area contributed by atoms with Crippen molar-refractivity contribution < 1.29 is 19.2 Å². The number of piperazine rings is 1. The number of nitrogens with zero attached hydrogens (tertiary/aromatic N) is 4. The molecule has 0 aromatic heterocycles. The number of non-ortho nitro benzene ring substituents is 1. The molecule has 0 spiro atoms. The first-order chi connectivity index (χ1) is 19.4. The van der Waals surface area contributed by atoms with Crippen LogP contribution in [0.5, 0.6) is 5.75 Å². The quantitative estimate of drug-likeness (QED) is 0.276. The standard InChI is InChI=1S/C31H34N4O5/c1-24-12-14-26(15-13-24)30(36)33(16-6-9-25-7-3-4-11-29(25)40-2)20-17-32-18-21-34(22-19-32)31(37)27-8-5-10-28(23-27)35(38)39/h3-15,23H,16-22H2,1-2H3. The minimum absolute atomic E-state index is 0.0378. The van der Waals surface area contributed by atoms with E-state index < -0.39 is 4.92 Å². The van der Waals surface area contributed by atoms with E-state index in [0.29, 0.717) is 56.9 Å². The lowest BCUT2D eigenvalue weighted by Gasteiger charge is -2.35. The highest BCUT2D eigenvalue weighted by molar-refractivity contribution is 5.95. The zero-order valence-electron chi connectivity index (χ0n) is 22.9. The van der Waals surface area contributed by atoms with Gasteiger partial charge < -0.3 is 14.5 Å². The van der Waals surface area contributed by atoms with Crippen molar-refractivity contribution in [2.75, 3.05) is 52.9 Å². The lowest BCUT2D eigenvalue weighted by Crippen LogP contribution is -2.50. The van der Waals surface area contributed by atoms with Crippen LogP contribution in [0.25, 0.3) is 6.08 Å². The Morgan fingerprint density at radius 1 is 0.975 bits per heavy atom. The van der Waals surface area contributed by atoms with E-state index in [9.17, 15) is 19.7 Å². The monoisotopic (exact) mass is 542 g/mol. The second kappa shape index (κ2) is 13.5. The van der Waals surface area contributed by atoms with E-state index in [-0.39, 0.29) is 17.5 Å². The number of benzene rings is 3. The molecular weight excluding hydrogens is 508 g/mol. The Balaban J connectivity index is 1.37. The van der Waals surface area contributed by atoms with Gasteiger partial charge in [0.05, 0.1) is 12.0 Å². The summed E-state index contributed by atoms with van der Waals surface area (Å²) < 4.78 is 5.43. The second-order valence-corrected chi connectivity index (χ2v) is 9.70. The van der Waals surface area contributed by atoms with Crippen LogP contribution in [0.15, 0.2) is 78.9 Å². The summed E-state index contributed by atoms with van der Waals surface area (Å²) in [6.45, 7) is 5.97. The number of amides is 2. The molecule has 1 aliphatic heterocycles. The maximum absolute atomic E-state index is 13.4. The molecule has 0 unspecified atom stereocenters. The minimum atomic E-state index is -0.496. The minimum Gasteiger partial charge on any atom is -0.496 e. The Labute approximate surface area is 234 Å². The summed E-state index contributed by atoms with van der Waals surface area (Å²) in [5.41, 5.74) is 2.90. The average Bonchev–Trinajstić information content (AvgIpc) is 2.99. The van der Waals surface area contributed by atoms with E-state index in [1.165, 1.54) is 18.2 Å². The molecular formula is C31H34N4O5. The smallest absolute Gasteiger partial charge is 0.270 e. The lowest BCUT2D eigenvalue weighted by molar-refractivity contribution is -0.384. The fourth-order valence-electron chi connectivity index (χ4n) is 4.64. The van der Waals surface area contributed by atoms with E-state index in [4.69, 9.17) is 4.74 Å². The van der Waals surface area contributed by atoms with Crippen LogP contribution in [0.3, 0.4) is 0 Å². The highest BCUT2D eigenvalue weighted by Crippen LogP contribution is 2.19. The maximum Gasteiger partial charge on any atom is 0.270 e. The van der Waals surface area contributed by atoms with Gasteiger partial charge in [0, 0.05) is 74.6 Å². The molecule has 1 aliphatic rings. The van der Waals surface area contributed by atoms with E-state index in [2.05, 4.69) is 4.90 Å². The zero-order valence-corrected chi connectivity index (χ0v) is 22.9. The molecule has 0 saturated carbocycles. The zero-order chi connectivity index (χ0) is 28.5. The number of hydrogen-bond acceptors (Lipinski definition) is 6. The van der Waals surface area contributed by atoms with Gasteiger partial charge in [0.2, 0.25) is 0 Å². The first-order valence-electron chi connectivity index (χ1n) is 13.3. The van der Waals surface area contributed by atoms with Crippen molar-refractivity contribution in [1.29, 1.82) is 0 Å². The summed E-state index contributed by atoms with van der Waals surface area (Å²) >= 11 is 0. The average molecular weight is 543 g/mol. The molecule has 40 heavy (non-hydrogen) atoms. The summed E-state index contributed by atoms with van der Waals surface area (Å²) in [5, 5.41) is 11.1. The molecule has 3 aromatic carbocycles. The van der Waals surface area contributed by atoms with Crippen LogP contribution >= 0.6 is 0 Å². The number of methoxy groups -OCH3 is 1. The van der Waals surface area contributed by atoms with Gasteiger partial charge in [-0.25, -0.2) is 0 Å². The van der Waals surface area contributed by atoms with E-state index in [1.807, 2.05) is 72.5 Å². The first kappa shape index (κ1) is 28.5. The van der Waals surface area contributed by atoms with Crippen molar-refractivity contribution in [2.24, 2.45) is 0 Å². The van der Waals surface area contributed by atoms with Crippen molar-refractivity contribution in [3.63, 3.8) is 0 Å². The Morgan fingerprint density at radius 3 is 2.40 bits per heavy atom. The number of nitro groups is 1. The highest BCUT2D eigenvalue weighted by Gasteiger charge is 2.24. The van der Waals surface area contributed by atoms with Crippen LogP contribution < -0.4 is 4.74 Å². The molecule has 0 radical (unpaired) electrons. The normalized spacial score (nSPS) is 13.8. The number of carbonyl (C=O) groups is 2. The Morgan fingerprint density at radius 2 is 1.70 bits per heavy atom. The molecule has 0 N–H and O–H groups in total. The van der Waals surface area contributed by atoms with Crippen molar-refractivity contribution in [2.45, 2.75) is 6.92 Å². The molecule has 208 valence electrons. The number of rotatable bonds is 10. The van der Waals surface area contributed by atoms with Crippen molar-refractivity contribution in [3.05, 3.63) is 111 Å².